The Hall–Kier alpha value is -1.16. The van der Waals surface area contributed by atoms with Gasteiger partial charge in [0.15, 0.2) is 0 Å². The van der Waals surface area contributed by atoms with E-state index in [0.717, 1.165) is 19.4 Å². The van der Waals surface area contributed by atoms with E-state index in [1.165, 1.54) is 22.8 Å². The van der Waals surface area contributed by atoms with E-state index >= 15 is 0 Å². The van der Waals surface area contributed by atoms with Crippen molar-refractivity contribution in [1.82, 2.24) is 5.32 Å². The molecule has 0 bridgehead atoms. The number of hydrogen-bond acceptors (Lipinski definition) is 3. The fourth-order valence-electron chi connectivity index (χ4n) is 2.89. The van der Waals surface area contributed by atoms with Gasteiger partial charge in [-0.25, -0.2) is 0 Å². The molecule has 19 heavy (non-hydrogen) atoms. The predicted octanol–water partition coefficient (Wildman–Crippen LogP) is 2.60. The third kappa shape index (κ3) is 3.06. The van der Waals surface area contributed by atoms with Crippen LogP contribution in [0.5, 0.6) is 0 Å². The molecule has 3 rings (SSSR count). The van der Waals surface area contributed by atoms with Crippen molar-refractivity contribution in [3.05, 3.63) is 29.8 Å². The number of thioether (sulfide) groups is 1. The summed E-state index contributed by atoms with van der Waals surface area (Å²) in [7, 11) is 0. The molecule has 102 valence electrons. The summed E-state index contributed by atoms with van der Waals surface area (Å²) in [4.78, 5) is 12.1. The van der Waals surface area contributed by atoms with E-state index in [9.17, 15) is 4.79 Å². The normalized spacial score (nSPS) is 22.6. The third-order valence-corrected chi connectivity index (χ3v) is 5.01. The van der Waals surface area contributed by atoms with Crippen molar-refractivity contribution in [1.29, 1.82) is 0 Å². The van der Waals surface area contributed by atoms with Crippen molar-refractivity contribution in [2.45, 2.75) is 31.2 Å². The number of nitrogens with one attached hydrogen (secondary N) is 2. The second-order valence-electron chi connectivity index (χ2n) is 5.32. The molecule has 1 aromatic rings. The number of rotatable bonds is 3. The average Bonchev–Trinajstić information content (AvgIpc) is 2.83. The van der Waals surface area contributed by atoms with Gasteiger partial charge in [0, 0.05) is 30.6 Å². The lowest BCUT2D eigenvalue weighted by atomic mass is 9.97. The fourth-order valence-corrected chi connectivity index (χ4v) is 4.00. The van der Waals surface area contributed by atoms with Gasteiger partial charge < -0.3 is 10.6 Å². The summed E-state index contributed by atoms with van der Waals surface area (Å²) in [5.41, 5.74) is 2.48. The molecule has 3 nitrogen and oxygen atoms in total. The van der Waals surface area contributed by atoms with Gasteiger partial charge in [-0.2, -0.15) is 11.8 Å². The lowest BCUT2D eigenvalue weighted by Crippen LogP contribution is -2.38. The summed E-state index contributed by atoms with van der Waals surface area (Å²) in [5, 5.41) is 6.57. The van der Waals surface area contributed by atoms with Gasteiger partial charge in [-0.1, -0.05) is 18.2 Å². The molecular formula is C15H20N2OS. The highest BCUT2D eigenvalue weighted by atomic mass is 32.2. The van der Waals surface area contributed by atoms with E-state index in [2.05, 4.69) is 28.8 Å². The molecule has 2 N–H and O–H groups in total. The van der Waals surface area contributed by atoms with Gasteiger partial charge in [0.1, 0.15) is 0 Å². The van der Waals surface area contributed by atoms with E-state index in [1.54, 1.807) is 0 Å². The first-order chi connectivity index (χ1) is 9.33. The van der Waals surface area contributed by atoms with Gasteiger partial charge in [-0.3, -0.25) is 4.79 Å². The smallest absolute Gasteiger partial charge is 0.220 e. The molecule has 1 saturated heterocycles. The van der Waals surface area contributed by atoms with Gasteiger partial charge in [0.05, 0.1) is 0 Å². The molecule has 2 aliphatic heterocycles. The van der Waals surface area contributed by atoms with Crippen LogP contribution in [0.1, 0.15) is 30.7 Å². The van der Waals surface area contributed by atoms with E-state index in [0.29, 0.717) is 18.4 Å². The van der Waals surface area contributed by atoms with E-state index < -0.39 is 0 Å². The highest BCUT2D eigenvalue weighted by Crippen LogP contribution is 2.33. The number of carbonyl (C=O) groups excluding carboxylic acids is 1. The fraction of sp³-hybridized carbons (Fsp3) is 0.533. The van der Waals surface area contributed by atoms with Crippen LogP contribution in [0.25, 0.3) is 0 Å². The summed E-state index contributed by atoms with van der Waals surface area (Å²) in [6, 6.07) is 8.71. The molecule has 1 aromatic carbocycles. The number of fused-ring (bicyclic) bond motifs is 1. The molecule has 0 aliphatic carbocycles. The quantitative estimate of drug-likeness (QED) is 0.891. The van der Waals surface area contributed by atoms with Crippen molar-refractivity contribution in [3.8, 4) is 0 Å². The van der Waals surface area contributed by atoms with E-state index in [1.807, 2.05) is 17.8 Å². The van der Waals surface area contributed by atoms with Gasteiger partial charge >= 0.3 is 0 Å². The molecular weight excluding hydrogens is 256 g/mol. The summed E-state index contributed by atoms with van der Waals surface area (Å²) >= 11 is 1.99. The highest BCUT2D eigenvalue weighted by molar-refractivity contribution is 7.99. The van der Waals surface area contributed by atoms with Crippen LogP contribution in [0.4, 0.5) is 5.69 Å². The number of anilines is 1. The maximum absolute atomic E-state index is 12.1. The molecule has 0 radical (unpaired) electrons. The van der Waals surface area contributed by atoms with Crippen molar-refractivity contribution >= 4 is 23.4 Å². The number of amides is 1. The van der Waals surface area contributed by atoms with Crippen LogP contribution in [0.2, 0.25) is 0 Å². The Balaban J connectivity index is 1.55. The van der Waals surface area contributed by atoms with Gasteiger partial charge in [0.2, 0.25) is 5.91 Å². The molecule has 0 aromatic heterocycles. The number of hydrogen-bond donors (Lipinski definition) is 2. The summed E-state index contributed by atoms with van der Waals surface area (Å²) in [6.07, 6.45) is 2.85. The maximum atomic E-state index is 12.1. The predicted molar refractivity (Wildman–Crippen MR) is 80.8 cm³/mol. The molecule has 2 heterocycles. The monoisotopic (exact) mass is 276 g/mol. The summed E-state index contributed by atoms with van der Waals surface area (Å²) < 4.78 is 0. The molecule has 4 heteroatoms. The first-order valence-corrected chi connectivity index (χ1v) is 8.18. The van der Waals surface area contributed by atoms with Crippen LogP contribution in [0, 0.1) is 0 Å². The van der Waals surface area contributed by atoms with Crippen LogP contribution in [-0.2, 0) is 4.79 Å². The van der Waals surface area contributed by atoms with Crippen molar-refractivity contribution in [2.75, 3.05) is 23.4 Å². The zero-order valence-electron chi connectivity index (χ0n) is 11.0. The van der Waals surface area contributed by atoms with Crippen LogP contribution in [-0.4, -0.2) is 30.0 Å². The molecule has 2 aliphatic rings. The molecule has 0 saturated carbocycles. The SMILES string of the molecule is O=C(CC1CNc2ccccc21)NC1CCSCC1. The van der Waals surface area contributed by atoms with Crippen LogP contribution >= 0.6 is 11.8 Å². The first-order valence-electron chi connectivity index (χ1n) is 7.03. The van der Waals surface area contributed by atoms with Gasteiger partial charge in [-0.15, -0.1) is 0 Å². The number of carbonyl (C=O) groups is 1. The molecule has 1 unspecified atom stereocenters. The molecule has 1 atom stereocenters. The second-order valence-corrected chi connectivity index (χ2v) is 6.55. The summed E-state index contributed by atoms with van der Waals surface area (Å²) in [6.45, 7) is 0.882. The Morgan fingerprint density at radius 2 is 2.11 bits per heavy atom. The minimum Gasteiger partial charge on any atom is -0.384 e. The number of benzene rings is 1. The Morgan fingerprint density at radius 3 is 2.95 bits per heavy atom. The van der Waals surface area contributed by atoms with Crippen molar-refractivity contribution in [3.63, 3.8) is 0 Å². The average molecular weight is 276 g/mol. The third-order valence-electron chi connectivity index (χ3n) is 3.96. The van der Waals surface area contributed by atoms with Gasteiger partial charge in [-0.05, 0) is 36.0 Å². The zero-order valence-corrected chi connectivity index (χ0v) is 11.8. The molecule has 1 amide bonds. The zero-order chi connectivity index (χ0) is 13.1. The molecule has 1 fully saturated rings. The Morgan fingerprint density at radius 1 is 1.32 bits per heavy atom. The minimum atomic E-state index is 0.209. The Bertz CT molecular complexity index is 457. The number of para-hydroxylation sites is 1. The lowest BCUT2D eigenvalue weighted by molar-refractivity contribution is -0.122. The van der Waals surface area contributed by atoms with Crippen molar-refractivity contribution in [2.24, 2.45) is 0 Å². The van der Waals surface area contributed by atoms with Crippen molar-refractivity contribution < 1.29 is 4.79 Å². The van der Waals surface area contributed by atoms with Crippen LogP contribution in [0.3, 0.4) is 0 Å². The lowest BCUT2D eigenvalue weighted by Gasteiger charge is -2.23. The Labute approximate surface area is 118 Å². The standard InChI is InChI=1S/C15H20N2OS/c18-15(17-12-5-7-19-8-6-12)9-11-10-16-14-4-2-1-3-13(11)14/h1-4,11-12,16H,5-10H2,(H,17,18). The largest absolute Gasteiger partial charge is 0.384 e. The van der Waals surface area contributed by atoms with Crippen LogP contribution in [0.15, 0.2) is 24.3 Å². The van der Waals surface area contributed by atoms with E-state index in [4.69, 9.17) is 0 Å². The second kappa shape index (κ2) is 5.87. The maximum Gasteiger partial charge on any atom is 0.220 e. The topological polar surface area (TPSA) is 41.1 Å². The Kier molecular flexibility index (Phi) is 3.97. The highest BCUT2D eigenvalue weighted by Gasteiger charge is 2.25. The van der Waals surface area contributed by atoms with Crippen LogP contribution < -0.4 is 10.6 Å². The van der Waals surface area contributed by atoms with E-state index in [-0.39, 0.29) is 5.91 Å². The molecule has 0 spiro atoms. The first kappa shape index (κ1) is 12.9. The minimum absolute atomic E-state index is 0.209. The summed E-state index contributed by atoms with van der Waals surface area (Å²) in [5.74, 6) is 2.90. The van der Waals surface area contributed by atoms with Gasteiger partial charge in [0.25, 0.3) is 0 Å².